The lowest BCUT2D eigenvalue weighted by molar-refractivity contribution is 0.190. The number of rotatable bonds is 4. The molecule has 9 heteroatoms. The van der Waals surface area contributed by atoms with Crippen LogP contribution in [0.15, 0.2) is 59.6 Å². The van der Waals surface area contributed by atoms with Crippen LogP contribution in [0, 0.1) is 5.82 Å². The number of aromatic nitrogens is 1. The van der Waals surface area contributed by atoms with Crippen LogP contribution in [-0.2, 0) is 10.0 Å². The number of anilines is 1. The maximum Gasteiger partial charge on any atom is 0.412 e. The van der Waals surface area contributed by atoms with Gasteiger partial charge in [-0.1, -0.05) is 18.2 Å². The zero-order chi connectivity index (χ0) is 21.5. The topological polar surface area (TPSA) is 82.8 Å². The molecule has 0 saturated carbocycles. The van der Waals surface area contributed by atoms with Gasteiger partial charge < -0.3 is 10.0 Å². The second kappa shape index (κ2) is 7.73. The zero-order valence-corrected chi connectivity index (χ0v) is 17.2. The normalized spacial score (nSPS) is 16.1. The Bertz CT molecular complexity index is 1190. The molecule has 1 fully saturated rings. The lowest BCUT2D eigenvalue weighted by Crippen LogP contribution is -2.46. The molecule has 1 aliphatic heterocycles. The highest BCUT2D eigenvalue weighted by atomic mass is 32.2. The van der Waals surface area contributed by atoms with E-state index >= 15 is 0 Å². The number of hydrogen-bond donors (Lipinski definition) is 1. The van der Waals surface area contributed by atoms with Gasteiger partial charge in [0.1, 0.15) is 5.82 Å². The molecule has 2 heterocycles. The number of nitrogens with zero attached hydrogens (tertiary/aromatic N) is 3. The Hall–Kier alpha value is -2.91. The quantitative estimate of drug-likeness (QED) is 0.683. The lowest BCUT2D eigenvalue weighted by atomic mass is 10.0. The maximum absolute atomic E-state index is 14.6. The molecule has 4 rings (SSSR count). The summed E-state index contributed by atoms with van der Waals surface area (Å²) >= 11 is 0. The fourth-order valence-electron chi connectivity index (χ4n) is 3.99. The van der Waals surface area contributed by atoms with Crippen molar-refractivity contribution in [2.75, 3.05) is 25.0 Å². The molecule has 0 spiro atoms. The Labute approximate surface area is 174 Å². The molecule has 1 N–H and O–H groups in total. The summed E-state index contributed by atoms with van der Waals surface area (Å²) in [6.45, 7) is 1.46. The third-order valence-electron chi connectivity index (χ3n) is 5.53. The van der Waals surface area contributed by atoms with Gasteiger partial charge in [0.25, 0.3) is 10.0 Å². The van der Waals surface area contributed by atoms with E-state index in [1.165, 1.54) is 29.3 Å². The molecule has 0 bridgehead atoms. The summed E-state index contributed by atoms with van der Waals surface area (Å²) in [5.41, 5.74) is 0.266. The summed E-state index contributed by atoms with van der Waals surface area (Å²) in [4.78, 5) is 15.5. The Morgan fingerprint density at radius 3 is 2.43 bits per heavy atom. The minimum atomic E-state index is -3.96. The lowest BCUT2D eigenvalue weighted by Gasteiger charge is -2.36. The monoisotopic (exact) mass is 431 g/mol. The summed E-state index contributed by atoms with van der Waals surface area (Å²) in [6.07, 6.45) is 1.38. The molecule has 0 atom stereocenters. The van der Waals surface area contributed by atoms with E-state index in [1.54, 1.807) is 18.2 Å². The van der Waals surface area contributed by atoms with Gasteiger partial charge in [0.2, 0.25) is 0 Å². The molecule has 0 unspecified atom stereocenters. The molecule has 30 heavy (non-hydrogen) atoms. The number of hydrogen-bond acceptors (Lipinski definition) is 4. The molecule has 1 amide bonds. The number of fused-ring (bicyclic) bond motifs is 1. The molecule has 158 valence electrons. The van der Waals surface area contributed by atoms with Crippen LogP contribution in [0.25, 0.3) is 10.9 Å². The van der Waals surface area contributed by atoms with Crippen molar-refractivity contribution in [2.24, 2.45) is 0 Å². The highest BCUT2D eigenvalue weighted by molar-refractivity contribution is 7.90. The predicted molar refractivity (Wildman–Crippen MR) is 112 cm³/mol. The van der Waals surface area contributed by atoms with Crippen LogP contribution in [0.1, 0.15) is 12.8 Å². The number of piperidine rings is 1. The van der Waals surface area contributed by atoms with Crippen molar-refractivity contribution >= 4 is 32.7 Å². The first-order chi connectivity index (χ1) is 14.3. The number of amides is 1. The van der Waals surface area contributed by atoms with Gasteiger partial charge in [-0.15, -0.1) is 0 Å². The fraction of sp³-hybridized carbons (Fsp3) is 0.286. The van der Waals surface area contributed by atoms with Crippen LogP contribution in [-0.4, -0.2) is 54.7 Å². The van der Waals surface area contributed by atoms with Gasteiger partial charge in [-0.3, -0.25) is 4.90 Å². The molecular weight excluding hydrogens is 409 g/mol. The number of carbonyl (C=O) groups is 1. The first kappa shape index (κ1) is 20.4. The van der Waals surface area contributed by atoms with Gasteiger partial charge in [0.15, 0.2) is 0 Å². The standard InChI is InChI=1S/C21H22FN3O4S/c1-23-10-7-16(8-11-23)25(21(26)27)20-14-15(22)13-19-18(20)9-12-24(19)30(28,29)17-5-3-2-4-6-17/h2-6,9,12-14,16H,7-8,10-11H2,1H3,(H,26,27). The van der Waals surface area contributed by atoms with E-state index in [4.69, 9.17) is 0 Å². The minimum absolute atomic E-state index is 0.0683. The summed E-state index contributed by atoms with van der Waals surface area (Å²) in [5.74, 6) is -0.695. The molecule has 0 radical (unpaired) electrons. The molecule has 0 aliphatic carbocycles. The Kier molecular flexibility index (Phi) is 5.25. The second-order valence-electron chi connectivity index (χ2n) is 7.47. The molecule has 2 aromatic carbocycles. The molecule has 7 nitrogen and oxygen atoms in total. The first-order valence-electron chi connectivity index (χ1n) is 9.61. The largest absolute Gasteiger partial charge is 0.465 e. The molecule has 1 aliphatic rings. The summed E-state index contributed by atoms with van der Waals surface area (Å²) in [7, 11) is -1.99. The summed E-state index contributed by atoms with van der Waals surface area (Å²) < 4.78 is 41.7. The Morgan fingerprint density at radius 2 is 1.80 bits per heavy atom. The smallest absolute Gasteiger partial charge is 0.412 e. The molecule has 1 aromatic heterocycles. The number of benzene rings is 2. The minimum Gasteiger partial charge on any atom is -0.465 e. The average molecular weight is 431 g/mol. The highest BCUT2D eigenvalue weighted by Crippen LogP contribution is 2.34. The third kappa shape index (κ3) is 3.54. The fourth-order valence-corrected chi connectivity index (χ4v) is 5.35. The van der Waals surface area contributed by atoms with Gasteiger partial charge in [-0.2, -0.15) is 0 Å². The van der Waals surface area contributed by atoms with E-state index in [0.717, 1.165) is 29.2 Å². The Morgan fingerprint density at radius 1 is 1.13 bits per heavy atom. The van der Waals surface area contributed by atoms with E-state index < -0.39 is 21.9 Å². The van der Waals surface area contributed by atoms with E-state index in [1.807, 2.05) is 7.05 Å². The summed E-state index contributed by atoms with van der Waals surface area (Å²) in [6, 6.07) is 11.3. The van der Waals surface area contributed by atoms with Gasteiger partial charge >= 0.3 is 6.09 Å². The van der Waals surface area contributed by atoms with E-state index in [9.17, 15) is 22.7 Å². The molecular formula is C21H22FN3O4S. The van der Waals surface area contributed by atoms with Gasteiger partial charge in [0.05, 0.1) is 16.1 Å². The predicted octanol–water partition coefficient (Wildman–Crippen LogP) is 3.60. The van der Waals surface area contributed by atoms with Gasteiger partial charge in [0, 0.05) is 17.6 Å². The third-order valence-corrected chi connectivity index (χ3v) is 7.24. The molecule has 3 aromatic rings. The maximum atomic E-state index is 14.6. The summed E-state index contributed by atoms with van der Waals surface area (Å²) in [5, 5.41) is 10.3. The van der Waals surface area contributed by atoms with Crippen LogP contribution in [0.3, 0.4) is 0 Å². The number of carboxylic acid groups (broad SMARTS) is 1. The van der Waals surface area contributed by atoms with Crippen LogP contribution >= 0.6 is 0 Å². The van der Waals surface area contributed by atoms with Crippen LogP contribution in [0.2, 0.25) is 0 Å². The Balaban J connectivity index is 1.86. The second-order valence-corrected chi connectivity index (χ2v) is 9.29. The van der Waals surface area contributed by atoms with Crippen molar-refractivity contribution in [3.63, 3.8) is 0 Å². The van der Waals surface area contributed by atoms with Crippen molar-refractivity contribution in [3.8, 4) is 0 Å². The number of halogens is 1. The van der Waals surface area contributed by atoms with E-state index in [-0.39, 0.29) is 22.1 Å². The SMILES string of the molecule is CN1CCC(N(C(=O)O)c2cc(F)cc3c2ccn3S(=O)(=O)c2ccccc2)CC1. The van der Waals surface area contributed by atoms with Crippen molar-refractivity contribution in [1.29, 1.82) is 0 Å². The average Bonchev–Trinajstić information content (AvgIpc) is 3.14. The van der Waals surface area contributed by atoms with Crippen LogP contribution in [0.5, 0.6) is 0 Å². The van der Waals surface area contributed by atoms with Crippen LogP contribution < -0.4 is 4.90 Å². The van der Waals surface area contributed by atoms with E-state index in [0.29, 0.717) is 18.2 Å². The van der Waals surface area contributed by atoms with Crippen molar-refractivity contribution in [3.05, 3.63) is 60.5 Å². The highest BCUT2D eigenvalue weighted by Gasteiger charge is 2.31. The van der Waals surface area contributed by atoms with Gasteiger partial charge in [-0.25, -0.2) is 21.6 Å². The van der Waals surface area contributed by atoms with Crippen LogP contribution in [0.4, 0.5) is 14.9 Å². The zero-order valence-electron chi connectivity index (χ0n) is 16.4. The molecule has 1 saturated heterocycles. The number of likely N-dealkylation sites (tertiary alicyclic amines) is 1. The van der Waals surface area contributed by atoms with Crippen molar-refractivity contribution in [1.82, 2.24) is 8.87 Å². The van der Waals surface area contributed by atoms with E-state index in [2.05, 4.69) is 4.90 Å². The van der Waals surface area contributed by atoms with Crippen molar-refractivity contribution in [2.45, 2.75) is 23.8 Å². The first-order valence-corrected chi connectivity index (χ1v) is 11.0. The van der Waals surface area contributed by atoms with Crippen molar-refractivity contribution < 1.29 is 22.7 Å². The van der Waals surface area contributed by atoms with Gasteiger partial charge in [-0.05, 0) is 63.3 Å².